The summed E-state index contributed by atoms with van der Waals surface area (Å²) < 4.78 is 16.2. The van der Waals surface area contributed by atoms with Crippen LogP contribution in [0.5, 0.6) is 17.2 Å². The molecule has 2 aromatic carbocycles. The van der Waals surface area contributed by atoms with E-state index in [2.05, 4.69) is 10.6 Å². The second-order valence-electron chi connectivity index (χ2n) is 5.42. The number of carbonyl (C=O) groups excluding carboxylic acids is 1. The third kappa shape index (κ3) is 5.60. The van der Waals surface area contributed by atoms with Crippen LogP contribution in [0.25, 0.3) is 0 Å². The molecule has 6 heteroatoms. The highest BCUT2D eigenvalue weighted by molar-refractivity contribution is 5.73. The summed E-state index contributed by atoms with van der Waals surface area (Å²) in [6.07, 6.45) is 0. The second kappa shape index (κ2) is 9.42. The molecule has 0 aliphatic rings. The normalized spacial score (nSPS) is 10.0. The number of ether oxygens (including phenoxy) is 3. The molecule has 0 atom stereocenters. The first-order valence-electron chi connectivity index (χ1n) is 8.05. The zero-order valence-corrected chi connectivity index (χ0v) is 14.8. The number of hydrogen-bond acceptors (Lipinski definition) is 4. The molecule has 0 spiro atoms. The number of para-hydroxylation sites is 1. The van der Waals surface area contributed by atoms with Crippen molar-refractivity contribution >= 4 is 6.03 Å². The topological polar surface area (TPSA) is 68.8 Å². The van der Waals surface area contributed by atoms with E-state index >= 15 is 0 Å². The number of hydrogen-bond donors (Lipinski definition) is 2. The van der Waals surface area contributed by atoms with Gasteiger partial charge in [0.25, 0.3) is 0 Å². The van der Waals surface area contributed by atoms with Crippen molar-refractivity contribution in [3.05, 3.63) is 53.6 Å². The standard InChI is InChI=1S/C19H24N2O4/c1-14-8-9-17(18(12-14)24-3)25-11-10-20-19(22)21-13-15-6-4-5-7-16(15)23-2/h4-9,12H,10-11,13H2,1-3H3,(H2,20,21,22). The van der Waals surface area contributed by atoms with Crippen LogP contribution in [0.1, 0.15) is 11.1 Å². The first kappa shape index (κ1) is 18.4. The van der Waals surface area contributed by atoms with E-state index in [4.69, 9.17) is 14.2 Å². The summed E-state index contributed by atoms with van der Waals surface area (Å²) in [7, 11) is 3.21. The lowest BCUT2D eigenvalue weighted by Crippen LogP contribution is -2.37. The molecule has 2 amide bonds. The van der Waals surface area contributed by atoms with Crippen LogP contribution >= 0.6 is 0 Å². The average Bonchev–Trinajstić information content (AvgIpc) is 2.64. The molecule has 0 aromatic heterocycles. The van der Waals surface area contributed by atoms with Gasteiger partial charge in [0, 0.05) is 12.1 Å². The zero-order chi connectivity index (χ0) is 18.1. The fraction of sp³-hybridized carbons (Fsp3) is 0.316. The maximum atomic E-state index is 11.9. The SMILES string of the molecule is COc1ccccc1CNC(=O)NCCOc1ccc(C)cc1OC. The number of urea groups is 1. The van der Waals surface area contributed by atoms with Crippen molar-refractivity contribution in [2.24, 2.45) is 0 Å². The van der Waals surface area contributed by atoms with E-state index in [1.165, 1.54) is 0 Å². The highest BCUT2D eigenvalue weighted by Gasteiger charge is 2.06. The number of nitrogens with one attached hydrogen (secondary N) is 2. The zero-order valence-electron chi connectivity index (χ0n) is 14.8. The summed E-state index contributed by atoms with van der Waals surface area (Å²) in [4.78, 5) is 11.9. The van der Waals surface area contributed by atoms with Gasteiger partial charge < -0.3 is 24.8 Å². The molecule has 0 bridgehead atoms. The number of aryl methyl sites for hydroxylation is 1. The van der Waals surface area contributed by atoms with Crippen LogP contribution < -0.4 is 24.8 Å². The van der Waals surface area contributed by atoms with Gasteiger partial charge in [-0.25, -0.2) is 4.79 Å². The third-order valence-corrected chi connectivity index (χ3v) is 3.60. The molecule has 25 heavy (non-hydrogen) atoms. The summed E-state index contributed by atoms with van der Waals surface area (Å²) in [5.41, 5.74) is 2.01. The second-order valence-corrected chi connectivity index (χ2v) is 5.42. The van der Waals surface area contributed by atoms with Gasteiger partial charge in [0.05, 0.1) is 20.8 Å². The van der Waals surface area contributed by atoms with Crippen molar-refractivity contribution in [1.29, 1.82) is 0 Å². The molecular weight excluding hydrogens is 320 g/mol. The van der Waals surface area contributed by atoms with Gasteiger partial charge in [-0.15, -0.1) is 0 Å². The molecule has 0 aliphatic carbocycles. The van der Waals surface area contributed by atoms with Crippen molar-refractivity contribution in [1.82, 2.24) is 10.6 Å². The van der Waals surface area contributed by atoms with E-state index < -0.39 is 0 Å². The smallest absolute Gasteiger partial charge is 0.315 e. The quantitative estimate of drug-likeness (QED) is 0.723. The highest BCUT2D eigenvalue weighted by atomic mass is 16.5. The fourth-order valence-electron chi connectivity index (χ4n) is 2.31. The van der Waals surface area contributed by atoms with E-state index in [0.717, 1.165) is 16.9 Å². The van der Waals surface area contributed by atoms with Gasteiger partial charge in [-0.3, -0.25) is 0 Å². The minimum atomic E-state index is -0.259. The first-order chi connectivity index (χ1) is 12.1. The molecule has 0 saturated heterocycles. The van der Waals surface area contributed by atoms with Crippen molar-refractivity contribution in [2.75, 3.05) is 27.4 Å². The Morgan fingerprint density at radius 3 is 2.48 bits per heavy atom. The van der Waals surface area contributed by atoms with E-state index in [9.17, 15) is 4.79 Å². The number of benzene rings is 2. The van der Waals surface area contributed by atoms with E-state index in [-0.39, 0.29) is 6.03 Å². The Morgan fingerprint density at radius 1 is 0.960 bits per heavy atom. The Kier molecular flexibility index (Phi) is 6.95. The van der Waals surface area contributed by atoms with Gasteiger partial charge in [0.2, 0.25) is 0 Å². The molecule has 6 nitrogen and oxygen atoms in total. The largest absolute Gasteiger partial charge is 0.496 e. The molecule has 0 fully saturated rings. The van der Waals surface area contributed by atoms with Crippen LogP contribution in [0.2, 0.25) is 0 Å². The lowest BCUT2D eigenvalue weighted by molar-refractivity contribution is 0.235. The molecule has 0 aliphatic heterocycles. The van der Waals surface area contributed by atoms with Crippen molar-refractivity contribution in [2.45, 2.75) is 13.5 Å². The minimum absolute atomic E-state index is 0.259. The lowest BCUT2D eigenvalue weighted by Gasteiger charge is -2.13. The molecule has 0 heterocycles. The molecule has 2 rings (SSSR count). The van der Waals surface area contributed by atoms with Crippen LogP contribution in [0, 0.1) is 6.92 Å². The highest BCUT2D eigenvalue weighted by Crippen LogP contribution is 2.27. The summed E-state index contributed by atoms with van der Waals surface area (Å²) >= 11 is 0. The Balaban J connectivity index is 1.72. The predicted molar refractivity (Wildman–Crippen MR) is 96.5 cm³/mol. The van der Waals surface area contributed by atoms with Crippen LogP contribution in [0.4, 0.5) is 4.79 Å². The number of methoxy groups -OCH3 is 2. The Hall–Kier alpha value is -2.89. The van der Waals surface area contributed by atoms with E-state index in [1.54, 1.807) is 14.2 Å². The van der Waals surface area contributed by atoms with Crippen LogP contribution in [0.3, 0.4) is 0 Å². The number of carbonyl (C=O) groups is 1. The van der Waals surface area contributed by atoms with Gasteiger partial charge in [-0.2, -0.15) is 0 Å². The maximum absolute atomic E-state index is 11.9. The van der Waals surface area contributed by atoms with E-state index in [0.29, 0.717) is 31.2 Å². The minimum Gasteiger partial charge on any atom is -0.496 e. The lowest BCUT2D eigenvalue weighted by atomic mass is 10.2. The fourth-order valence-corrected chi connectivity index (χ4v) is 2.31. The number of amides is 2. The Labute approximate surface area is 148 Å². The molecule has 2 aromatic rings. The van der Waals surface area contributed by atoms with Crippen LogP contribution in [-0.4, -0.2) is 33.4 Å². The maximum Gasteiger partial charge on any atom is 0.315 e. The first-order valence-corrected chi connectivity index (χ1v) is 8.05. The summed E-state index contributed by atoms with van der Waals surface area (Å²) in [5.74, 6) is 2.09. The van der Waals surface area contributed by atoms with Gasteiger partial charge in [-0.1, -0.05) is 24.3 Å². The molecule has 2 N–H and O–H groups in total. The van der Waals surface area contributed by atoms with Crippen molar-refractivity contribution in [3.8, 4) is 17.2 Å². The van der Waals surface area contributed by atoms with Gasteiger partial charge in [0.15, 0.2) is 11.5 Å². The van der Waals surface area contributed by atoms with Crippen molar-refractivity contribution in [3.63, 3.8) is 0 Å². The third-order valence-electron chi connectivity index (χ3n) is 3.60. The van der Waals surface area contributed by atoms with Gasteiger partial charge in [0.1, 0.15) is 12.4 Å². The van der Waals surface area contributed by atoms with Gasteiger partial charge in [-0.05, 0) is 30.7 Å². The predicted octanol–water partition coefficient (Wildman–Crippen LogP) is 2.89. The number of rotatable bonds is 8. The van der Waals surface area contributed by atoms with Crippen LogP contribution in [0.15, 0.2) is 42.5 Å². The summed E-state index contributed by atoms with van der Waals surface area (Å²) in [6.45, 7) is 3.11. The molecular formula is C19H24N2O4. The monoisotopic (exact) mass is 344 g/mol. The Morgan fingerprint density at radius 2 is 1.72 bits per heavy atom. The molecule has 0 unspecified atom stereocenters. The molecule has 134 valence electrons. The van der Waals surface area contributed by atoms with Gasteiger partial charge >= 0.3 is 6.03 Å². The molecule has 0 radical (unpaired) electrons. The van der Waals surface area contributed by atoms with Crippen LogP contribution in [-0.2, 0) is 6.54 Å². The Bertz CT molecular complexity index is 704. The molecule has 0 saturated carbocycles. The summed E-state index contributed by atoms with van der Waals surface area (Å²) in [5, 5.41) is 5.54. The van der Waals surface area contributed by atoms with Crippen molar-refractivity contribution < 1.29 is 19.0 Å². The van der Waals surface area contributed by atoms with E-state index in [1.807, 2.05) is 49.4 Å². The summed E-state index contributed by atoms with van der Waals surface area (Å²) in [6, 6.07) is 13.0. The average molecular weight is 344 g/mol.